The van der Waals surface area contributed by atoms with Gasteiger partial charge in [-0.3, -0.25) is 0 Å². The van der Waals surface area contributed by atoms with E-state index in [1.54, 1.807) is 0 Å². The first-order valence-electron chi connectivity index (χ1n) is 2.53. The Bertz CT molecular complexity index is 113. The van der Waals surface area contributed by atoms with Gasteiger partial charge in [0, 0.05) is 0 Å². The van der Waals surface area contributed by atoms with Crippen molar-refractivity contribution in [3.05, 3.63) is 0 Å². The van der Waals surface area contributed by atoms with Crippen molar-refractivity contribution in [2.45, 2.75) is 6.92 Å². The first-order valence-corrected chi connectivity index (χ1v) is 9.78. The fourth-order valence-corrected chi connectivity index (χ4v) is 12.3. The summed E-state index contributed by atoms with van der Waals surface area (Å²) in [5.74, 6) is 2.22. The van der Waals surface area contributed by atoms with E-state index in [1.807, 2.05) is 20.0 Å². The summed E-state index contributed by atoms with van der Waals surface area (Å²) < 4.78 is 5.04. The van der Waals surface area contributed by atoms with Crippen LogP contribution in [0.2, 0.25) is 0 Å². The van der Waals surface area contributed by atoms with Crippen molar-refractivity contribution in [3.63, 3.8) is 0 Å². The van der Waals surface area contributed by atoms with E-state index in [0.29, 0.717) is 0 Å². The van der Waals surface area contributed by atoms with Crippen LogP contribution in [-0.4, -0.2) is 30.2 Å². The number of rotatable bonds is 1. The summed E-state index contributed by atoms with van der Waals surface area (Å²) in [5.41, 5.74) is 0. The number of hydrogen-bond donors (Lipinski definition) is 0. The van der Waals surface area contributed by atoms with Crippen LogP contribution in [0.3, 0.4) is 0 Å². The van der Waals surface area contributed by atoms with Gasteiger partial charge in [0.05, 0.1) is 0 Å². The van der Waals surface area contributed by atoms with Crippen molar-refractivity contribution in [1.82, 2.24) is 0 Å². The fraction of sp³-hybridized carbons (Fsp3) is 0.750. The van der Waals surface area contributed by atoms with Crippen molar-refractivity contribution in [2.24, 2.45) is 0 Å². The molecule has 0 aromatic carbocycles. The van der Waals surface area contributed by atoms with Gasteiger partial charge in [-0.1, -0.05) is 0 Å². The zero-order valence-electron chi connectivity index (χ0n) is 4.99. The maximum atomic E-state index is 10.4. The van der Waals surface area contributed by atoms with E-state index >= 15 is 0 Å². The second-order valence-electron chi connectivity index (χ2n) is 1.47. The minimum atomic E-state index is -1.22. The third-order valence-corrected chi connectivity index (χ3v) is 12.0. The molecule has 1 saturated heterocycles. The maximum absolute atomic E-state index is 10.4. The van der Waals surface area contributed by atoms with Crippen LogP contribution in [0.25, 0.3) is 0 Å². The van der Waals surface area contributed by atoms with Crippen LogP contribution in [0.15, 0.2) is 0 Å². The van der Waals surface area contributed by atoms with Crippen LogP contribution in [0.4, 0.5) is 0 Å². The summed E-state index contributed by atoms with van der Waals surface area (Å²) in [6.07, 6.45) is 0. The number of carbonyl (C=O) groups excluding carboxylic acids is 1. The minimum absolute atomic E-state index is 0.114. The standard InChI is InChI=1S/C4H7AsO2S2/c1-4(6)7-5-8-2-3-9-5/h2-3H2,1H3. The van der Waals surface area contributed by atoms with Gasteiger partial charge < -0.3 is 0 Å². The van der Waals surface area contributed by atoms with E-state index < -0.39 is 12.7 Å². The van der Waals surface area contributed by atoms with Gasteiger partial charge in [0.2, 0.25) is 0 Å². The Morgan fingerprint density at radius 3 is 2.56 bits per heavy atom. The topological polar surface area (TPSA) is 26.3 Å². The van der Waals surface area contributed by atoms with Crippen molar-refractivity contribution < 1.29 is 8.52 Å². The Hall–Kier alpha value is 0.728. The molecule has 0 saturated carbocycles. The van der Waals surface area contributed by atoms with Crippen LogP contribution in [-0.2, 0) is 8.52 Å². The Kier molecular flexibility index (Phi) is 3.30. The molecule has 1 aliphatic rings. The van der Waals surface area contributed by atoms with Gasteiger partial charge in [0.25, 0.3) is 0 Å². The van der Waals surface area contributed by atoms with Crippen LogP contribution >= 0.6 is 20.0 Å². The zero-order chi connectivity index (χ0) is 6.69. The molecule has 0 bridgehead atoms. The third kappa shape index (κ3) is 2.87. The molecule has 1 aliphatic heterocycles. The second kappa shape index (κ2) is 3.79. The molecule has 0 N–H and O–H groups in total. The molecule has 2 nitrogen and oxygen atoms in total. The summed E-state index contributed by atoms with van der Waals surface area (Å²) in [6.45, 7) is 1.48. The molecule has 52 valence electrons. The first-order chi connectivity index (χ1) is 4.29. The van der Waals surface area contributed by atoms with Crippen molar-refractivity contribution >= 4 is 38.7 Å². The van der Waals surface area contributed by atoms with E-state index in [4.69, 9.17) is 3.73 Å². The van der Waals surface area contributed by atoms with Crippen LogP contribution < -0.4 is 0 Å². The molecule has 0 unspecified atom stereocenters. The summed E-state index contributed by atoms with van der Waals surface area (Å²) in [6, 6.07) is 0. The molecular formula is C4H7AsO2S2. The second-order valence-corrected chi connectivity index (χ2v) is 12.0. The predicted molar refractivity (Wildman–Crippen MR) is 42.4 cm³/mol. The van der Waals surface area contributed by atoms with Crippen LogP contribution in [0, 0.1) is 0 Å². The number of carbonyl (C=O) groups is 1. The molecule has 0 atom stereocenters. The van der Waals surface area contributed by atoms with Crippen molar-refractivity contribution in [2.75, 3.05) is 11.5 Å². The molecule has 0 aromatic heterocycles. The van der Waals surface area contributed by atoms with E-state index in [0.717, 1.165) is 11.5 Å². The number of hydrogen-bond acceptors (Lipinski definition) is 4. The first kappa shape index (κ1) is 7.83. The van der Waals surface area contributed by atoms with E-state index in [-0.39, 0.29) is 5.97 Å². The summed E-state index contributed by atoms with van der Waals surface area (Å²) in [4.78, 5) is 10.4. The Morgan fingerprint density at radius 2 is 2.11 bits per heavy atom. The molecular weight excluding hydrogens is 219 g/mol. The molecule has 0 amide bonds. The normalized spacial score (nSPS) is 20.1. The monoisotopic (exact) mass is 226 g/mol. The quantitative estimate of drug-likeness (QED) is 0.623. The van der Waals surface area contributed by atoms with Crippen LogP contribution in [0.5, 0.6) is 0 Å². The molecule has 0 spiro atoms. The van der Waals surface area contributed by atoms with Crippen molar-refractivity contribution in [3.8, 4) is 0 Å². The van der Waals surface area contributed by atoms with E-state index in [9.17, 15) is 4.79 Å². The van der Waals surface area contributed by atoms with Gasteiger partial charge in [0.1, 0.15) is 0 Å². The average molecular weight is 226 g/mol. The predicted octanol–water partition coefficient (Wildman–Crippen LogP) is 1.01. The van der Waals surface area contributed by atoms with Crippen molar-refractivity contribution in [1.29, 1.82) is 0 Å². The van der Waals surface area contributed by atoms with Gasteiger partial charge in [-0.25, -0.2) is 0 Å². The Balaban J connectivity index is 2.19. The SMILES string of the molecule is CC(=O)O[As]1SCCS1. The van der Waals surface area contributed by atoms with E-state index in [2.05, 4.69) is 0 Å². The molecule has 1 rings (SSSR count). The molecule has 0 aromatic rings. The van der Waals surface area contributed by atoms with Gasteiger partial charge in [-0.15, -0.1) is 0 Å². The summed E-state index contributed by atoms with van der Waals surface area (Å²) >= 11 is -1.22. The van der Waals surface area contributed by atoms with E-state index in [1.165, 1.54) is 6.92 Å². The van der Waals surface area contributed by atoms with Gasteiger partial charge in [-0.2, -0.15) is 0 Å². The molecule has 0 aliphatic carbocycles. The van der Waals surface area contributed by atoms with Gasteiger partial charge in [0.15, 0.2) is 0 Å². The average Bonchev–Trinajstić information content (AvgIpc) is 2.15. The van der Waals surface area contributed by atoms with Gasteiger partial charge >= 0.3 is 65.6 Å². The molecule has 5 heteroatoms. The third-order valence-electron chi connectivity index (χ3n) is 0.680. The molecule has 9 heavy (non-hydrogen) atoms. The van der Waals surface area contributed by atoms with Crippen LogP contribution in [0.1, 0.15) is 6.92 Å². The zero-order valence-corrected chi connectivity index (χ0v) is 8.50. The Labute approximate surface area is 65.7 Å². The Morgan fingerprint density at radius 1 is 1.56 bits per heavy atom. The molecule has 1 heterocycles. The summed E-state index contributed by atoms with van der Waals surface area (Å²) in [5, 5.41) is 0. The molecule has 1 fully saturated rings. The van der Waals surface area contributed by atoms with Gasteiger partial charge in [-0.05, 0) is 0 Å². The summed E-state index contributed by atoms with van der Waals surface area (Å²) in [7, 11) is 3.67. The molecule has 0 radical (unpaired) electrons. The fourth-order valence-electron chi connectivity index (χ4n) is 0.419.